The number of aliphatic hydroxyl groups excluding tert-OH is 1. The van der Waals surface area contributed by atoms with Gasteiger partial charge in [0.05, 0.1) is 36.3 Å². The standard InChI is InChI=1S/C19H29F3N2O5S/c1-28-11-8-23(9-12-29-2)10-13-30(26,27)24-7-3-4-18(25)16-14-15(19(20,21)22)5-6-17(16)24/h5-6,14,18,25H,3-4,7-13H2,1-2H3. The highest BCUT2D eigenvalue weighted by molar-refractivity contribution is 7.92. The van der Waals surface area contributed by atoms with Gasteiger partial charge < -0.3 is 14.6 Å². The molecule has 30 heavy (non-hydrogen) atoms. The van der Waals surface area contributed by atoms with Gasteiger partial charge in [0.1, 0.15) is 0 Å². The summed E-state index contributed by atoms with van der Waals surface area (Å²) in [5.74, 6) is -0.211. The van der Waals surface area contributed by atoms with Crippen LogP contribution in [0.15, 0.2) is 18.2 Å². The second-order valence-electron chi connectivity index (χ2n) is 7.14. The van der Waals surface area contributed by atoms with Gasteiger partial charge in [0, 0.05) is 46.0 Å². The molecule has 0 fully saturated rings. The Balaban J connectivity index is 2.25. The van der Waals surface area contributed by atoms with Crippen LogP contribution < -0.4 is 4.31 Å². The van der Waals surface area contributed by atoms with Crippen LogP contribution >= 0.6 is 0 Å². The van der Waals surface area contributed by atoms with Gasteiger partial charge in [-0.15, -0.1) is 0 Å². The zero-order valence-electron chi connectivity index (χ0n) is 17.2. The van der Waals surface area contributed by atoms with Gasteiger partial charge in [0.15, 0.2) is 0 Å². The summed E-state index contributed by atoms with van der Waals surface area (Å²) in [6.07, 6.45) is -5.20. The van der Waals surface area contributed by atoms with Crippen molar-refractivity contribution >= 4 is 15.7 Å². The molecule has 0 radical (unpaired) electrons. The summed E-state index contributed by atoms with van der Waals surface area (Å²) < 4.78 is 76.7. The van der Waals surface area contributed by atoms with E-state index in [0.29, 0.717) is 32.7 Å². The van der Waals surface area contributed by atoms with Gasteiger partial charge in [-0.2, -0.15) is 13.2 Å². The maximum Gasteiger partial charge on any atom is 0.416 e. The quantitative estimate of drug-likeness (QED) is 0.584. The number of alkyl halides is 3. The van der Waals surface area contributed by atoms with Gasteiger partial charge in [0.25, 0.3) is 0 Å². The molecule has 11 heteroatoms. The second-order valence-corrected chi connectivity index (χ2v) is 9.16. The number of hydrogen-bond donors (Lipinski definition) is 1. The normalized spacial score (nSPS) is 17.8. The minimum absolute atomic E-state index is 0.0125. The average Bonchev–Trinajstić information content (AvgIpc) is 2.85. The molecule has 1 atom stereocenters. The van der Waals surface area contributed by atoms with Crippen molar-refractivity contribution in [3.8, 4) is 0 Å². The maximum absolute atomic E-state index is 13.1. The van der Waals surface area contributed by atoms with Crippen LogP contribution in [-0.2, 0) is 25.7 Å². The molecule has 1 aromatic rings. The molecular formula is C19H29F3N2O5S. The molecule has 7 nitrogen and oxygen atoms in total. The number of methoxy groups -OCH3 is 2. The van der Waals surface area contributed by atoms with Crippen LogP contribution in [0.4, 0.5) is 18.9 Å². The summed E-state index contributed by atoms with van der Waals surface area (Å²) >= 11 is 0. The van der Waals surface area contributed by atoms with Gasteiger partial charge in [0.2, 0.25) is 10.0 Å². The first-order chi connectivity index (χ1) is 14.1. The molecular weight excluding hydrogens is 425 g/mol. The van der Waals surface area contributed by atoms with Crippen LogP contribution in [0.2, 0.25) is 0 Å². The largest absolute Gasteiger partial charge is 0.416 e. The van der Waals surface area contributed by atoms with E-state index in [1.54, 1.807) is 14.2 Å². The lowest BCUT2D eigenvalue weighted by molar-refractivity contribution is -0.137. The minimum atomic E-state index is -4.58. The zero-order valence-corrected chi connectivity index (χ0v) is 18.0. The number of ether oxygens (including phenoxy) is 2. The maximum atomic E-state index is 13.1. The summed E-state index contributed by atoms with van der Waals surface area (Å²) in [5.41, 5.74) is -0.820. The molecule has 1 aliphatic heterocycles. The van der Waals surface area contributed by atoms with E-state index < -0.39 is 27.9 Å². The van der Waals surface area contributed by atoms with E-state index in [9.17, 15) is 26.7 Å². The van der Waals surface area contributed by atoms with Crippen LogP contribution in [0.25, 0.3) is 0 Å². The fourth-order valence-electron chi connectivity index (χ4n) is 3.35. The van der Waals surface area contributed by atoms with Gasteiger partial charge in [-0.05, 0) is 31.0 Å². The molecule has 0 aromatic heterocycles. The highest BCUT2D eigenvalue weighted by Gasteiger charge is 2.35. The number of anilines is 1. The second kappa shape index (κ2) is 10.8. The topological polar surface area (TPSA) is 79.3 Å². The number of halogens is 3. The molecule has 1 aromatic carbocycles. The SMILES string of the molecule is COCCN(CCOC)CCS(=O)(=O)N1CCCC(O)c2cc(C(F)(F)F)ccc21. The van der Waals surface area contributed by atoms with Crippen LogP contribution in [0, 0.1) is 0 Å². The Morgan fingerprint density at radius 1 is 1.17 bits per heavy atom. The van der Waals surface area contributed by atoms with E-state index in [-0.39, 0.29) is 36.5 Å². The molecule has 0 aliphatic carbocycles. The monoisotopic (exact) mass is 454 g/mol. The molecule has 0 saturated heterocycles. The summed E-state index contributed by atoms with van der Waals surface area (Å²) in [4.78, 5) is 1.89. The van der Waals surface area contributed by atoms with Crippen molar-refractivity contribution in [2.75, 3.05) is 63.7 Å². The van der Waals surface area contributed by atoms with E-state index in [4.69, 9.17) is 9.47 Å². The predicted octanol–water partition coefficient (Wildman–Crippen LogP) is 2.26. The highest BCUT2D eigenvalue weighted by atomic mass is 32.2. The van der Waals surface area contributed by atoms with Crippen molar-refractivity contribution in [1.29, 1.82) is 0 Å². The fourth-order valence-corrected chi connectivity index (χ4v) is 4.93. The fraction of sp³-hybridized carbons (Fsp3) is 0.684. The van der Waals surface area contributed by atoms with Crippen LogP contribution in [0.3, 0.4) is 0 Å². The smallest absolute Gasteiger partial charge is 0.388 e. The first-order valence-electron chi connectivity index (χ1n) is 9.70. The lowest BCUT2D eigenvalue weighted by atomic mass is 10.0. The lowest BCUT2D eigenvalue weighted by Gasteiger charge is -2.27. The summed E-state index contributed by atoms with van der Waals surface area (Å²) in [6, 6.07) is 2.83. The van der Waals surface area contributed by atoms with Gasteiger partial charge >= 0.3 is 6.18 Å². The third-order valence-electron chi connectivity index (χ3n) is 5.05. The Morgan fingerprint density at radius 2 is 1.80 bits per heavy atom. The Hall–Kier alpha value is -1.40. The number of fused-ring (bicyclic) bond motifs is 1. The van der Waals surface area contributed by atoms with Crippen molar-refractivity contribution in [3.63, 3.8) is 0 Å². The number of sulfonamides is 1. The van der Waals surface area contributed by atoms with Crippen molar-refractivity contribution in [3.05, 3.63) is 29.3 Å². The Morgan fingerprint density at radius 3 is 2.37 bits per heavy atom. The number of aliphatic hydroxyl groups is 1. The molecule has 0 spiro atoms. The van der Waals surface area contributed by atoms with Crippen molar-refractivity contribution in [2.45, 2.75) is 25.1 Å². The number of nitrogens with zero attached hydrogens (tertiary/aromatic N) is 2. The molecule has 2 rings (SSSR count). The van der Waals surface area contributed by atoms with E-state index in [0.717, 1.165) is 22.5 Å². The van der Waals surface area contributed by atoms with E-state index in [1.807, 2.05) is 4.90 Å². The number of rotatable bonds is 10. The molecule has 1 N–H and O–H groups in total. The van der Waals surface area contributed by atoms with E-state index in [2.05, 4.69) is 0 Å². The number of benzene rings is 1. The summed E-state index contributed by atoms with van der Waals surface area (Å²) in [7, 11) is -0.708. The molecule has 0 saturated carbocycles. The lowest BCUT2D eigenvalue weighted by Crippen LogP contribution is -2.40. The first-order valence-corrected chi connectivity index (χ1v) is 11.3. The highest BCUT2D eigenvalue weighted by Crippen LogP contribution is 2.39. The Labute approximate surface area is 175 Å². The van der Waals surface area contributed by atoms with Crippen LogP contribution in [0.1, 0.15) is 30.1 Å². The average molecular weight is 455 g/mol. The number of hydrogen-bond acceptors (Lipinski definition) is 6. The molecule has 0 amide bonds. The van der Waals surface area contributed by atoms with Gasteiger partial charge in [-0.3, -0.25) is 9.21 Å². The Kier molecular flexibility index (Phi) is 8.92. The van der Waals surface area contributed by atoms with E-state index in [1.165, 1.54) is 0 Å². The van der Waals surface area contributed by atoms with E-state index >= 15 is 0 Å². The van der Waals surface area contributed by atoms with Crippen LogP contribution in [0.5, 0.6) is 0 Å². The molecule has 1 heterocycles. The van der Waals surface area contributed by atoms with Crippen molar-refractivity contribution in [2.24, 2.45) is 0 Å². The zero-order chi connectivity index (χ0) is 22.4. The van der Waals surface area contributed by atoms with Gasteiger partial charge in [-0.1, -0.05) is 0 Å². The summed E-state index contributed by atoms with van der Waals surface area (Å²) in [6.45, 7) is 2.25. The van der Waals surface area contributed by atoms with Crippen molar-refractivity contribution < 1.29 is 36.2 Å². The summed E-state index contributed by atoms with van der Waals surface area (Å²) in [5, 5.41) is 10.3. The first kappa shape index (κ1) is 24.9. The third-order valence-corrected chi connectivity index (χ3v) is 6.80. The molecule has 0 bridgehead atoms. The van der Waals surface area contributed by atoms with Crippen molar-refractivity contribution in [1.82, 2.24) is 4.90 Å². The predicted molar refractivity (Wildman–Crippen MR) is 107 cm³/mol. The molecule has 1 aliphatic rings. The minimum Gasteiger partial charge on any atom is -0.388 e. The Bertz CT molecular complexity index is 781. The van der Waals surface area contributed by atoms with Crippen LogP contribution in [-0.4, -0.2) is 77.8 Å². The molecule has 172 valence electrons. The molecule has 1 unspecified atom stereocenters. The van der Waals surface area contributed by atoms with Gasteiger partial charge in [-0.25, -0.2) is 8.42 Å². The third kappa shape index (κ3) is 6.55.